The van der Waals surface area contributed by atoms with Gasteiger partial charge in [0.05, 0.1) is 17.5 Å². The van der Waals surface area contributed by atoms with E-state index in [9.17, 15) is 9.90 Å². The number of rotatable bonds is 6. The number of carbonyl (C=O) groups excluding carboxylic acids is 1. The first-order valence-corrected chi connectivity index (χ1v) is 7.86. The van der Waals surface area contributed by atoms with Crippen LogP contribution >= 0.6 is 0 Å². The Morgan fingerprint density at radius 3 is 2.78 bits per heavy atom. The monoisotopic (exact) mass is 316 g/mol. The third kappa shape index (κ3) is 4.82. The molecule has 0 aliphatic heterocycles. The van der Waals surface area contributed by atoms with Crippen LogP contribution in [0.4, 0.5) is 10.5 Å². The molecule has 1 aromatic heterocycles. The quantitative estimate of drug-likeness (QED) is 0.766. The van der Waals surface area contributed by atoms with Gasteiger partial charge in [0, 0.05) is 17.9 Å². The van der Waals surface area contributed by atoms with Gasteiger partial charge >= 0.3 is 6.03 Å². The zero-order valence-electron chi connectivity index (χ0n) is 13.8. The first kappa shape index (κ1) is 17.0. The van der Waals surface area contributed by atoms with Crippen LogP contribution in [0.25, 0.3) is 5.69 Å². The molecule has 1 heterocycles. The predicted molar refractivity (Wildman–Crippen MR) is 91.0 cm³/mol. The van der Waals surface area contributed by atoms with Crippen LogP contribution in [0, 0.1) is 13.8 Å². The molecular weight excluding hydrogens is 292 g/mol. The van der Waals surface area contributed by atoms with Gasteiger partial charge in [0.25, 0.3) is 0 Å². The smallest absolute Gasteiger partial charge is 0.319 e. The van der Waals surface area contributed by atoms with Gasteiger partial charge in [-0.1, -0.05) is 13.0 Å². The zero-order chi connectivity index (χ0) is 16.8. The van der Waals surface area contributed by atoms with Crippen molar-refractivity contribution in [1.82, 2.24) is 15.1 Å². The Hall–Kier alpha value is -2.34. The van der Waals surface area contributed by atoms with Crippen molar-refractivity contribution < 1.29 is 9.90 Å². The number of carbonyl (C=O) groups is 1. The molecule has 124 valence electrons. The van der Waals surface area contributed by atoms with E-state index in [-0.39, 0.29) is 12.1 Å². The molecule has 2 aromatic rings. The summed E-state index contributed by atoms with van der Waals surface area (Å²) in [6.07, 6.45) is 0.869. The molecule has 0 saturated carbocycles. The standard InChI is InChI=1S/C17H24N4O2/c1-4-16(22)8-9-18-17(23)19-14-6-5-7-15(11-14)21-13(3)10-12(2)20-21/h5-7,10-11,16,22H,4,8-9H2,1-3H3,(H2,18,19,23). The third-order valence-corrected chi connectivity index (χ3v) is 3.59. The zero-order valence-corrected chi connectivity index (χ0v) is 13.8. The molecule has 1 aromatic carbocycles. The van der Waals surface area contributed by atoms with E-state index in [1.54, 1.807) is 0 Å². The number of benzene rings is 1. The summed E-state index contributed by atoms with van der Waals surface area (Å²) in [5.74, 6) is 0. The first-order chi connectivity index (χ1) is 11.0. The van der Waals surface area contributed by atoms with E-state index in [0.29, 0.717) is 25.1 Å². The summed E-state index contributed by atoms with van der Waals surface area (Å²) in [6.45, 7) is 6.29. The summed E-state index contributed by atoms with van der Waals surface area (Å²) in [6, 6.07) is 9.25. The van der Waals surface area contributed by atoms with Gasteiger partial charge in [-0.15, -0.1) is 0 Å². The average Bonchev–Trinajstić information content (AvgIpc) is 2.86. The van der Waals surface area contributed by atoms with Crippen molar-refractivity contribution in [3.05, 3.63) is 41.7 Å². The van der Waals surface area contributed by atoms with Gasteiger partial charge in [-0.05, 0) is 51.0 Å². The minimum Gasteiger partial charge on any atom is -0.393 e. The van der Waals surface area contributed by atoms with Crippen LogP contribution in [0.3, 0.4) is 0 Å². The highest BCUT2D eigenvalue weighted by Gasteiger charge is 2.07. The predicted octanol–water partition coefficient (Wildman–Crippen LogP) is 2.77. The first-order valence-electron chi connectivity index (χ1n) is 7.86. The van der Waals surface area contributed by atoms with E-state index in [4.69, 9.17) is 0 Å². The number of hydrogen-bond donors (Lipinski definition) is 3. The number of aliphatic hydroxyl groups is 1. The molecule has 0 spiro atoms. The molecule has 0 bridgehead atoms. The lowest BCUT2D eigenvalue weighted by Gasteiger charge is -2.11. The largest absolute Gasteiger partial charge is 0.393 e. The number of aryl methyl sites for hydroxylation is 2. The molecule has 2 amide bonds. The van der Waals surface area contributed by atoms with Crippen molar-refractivity contribution in [3.63, 3.8) is 0 Å². The van der Waals surface area contributed by atoms with Gasteiger partial charge in [-0.25, -0.2) is 9.48 Å². The fourth-order valence-electron chi connectivity index (χ4n) is 2.34. The van der Waals surface area contributed by atoms with Crippen molar-refractivity contribution >= 4 is 11.7 Å². The van der Waals surface area contributed by atoms with E-state index < -0.39 is 0 Å². The molecule has 3 N–H and O–H groups in total. The van der Waals surface area contributed by atoms with Crippen LogP contribution in [-0.2, 0) is 0 Å². The number of nitrogens with zero attached hydrogens (tertiary/aromatic N) is 2. The van der Waals surface area contributed by atoms with Gasteiger partial charge in [0.2, 0.25) is 0 Å². The Bertz CT molecular complexity index is 666. The van der Waals surface area contributed by atoms with Crippen molar-refractivity contribution in [2.45, 2.75) is 39.7 Å². The molecule has 1 unspecified atom stereocenters. The number of aromatic nitrogens is 2. The molecule has 1 atom stereocenters. The van der Waals surface area contributed by atoms with Crippen molar-refractivity contribution in [1.29, 1.82) is 0 Å². The highest BCUT2D eigenvalue weighted by Crippen LogP contribution is 2.16. The van der Waals surface area contributed by atoms with Crippen LogP contribution in [0.1, 0.15) is 31.2 Å². The third-order valence-electron chi connectivity index (χ3n) is 3.59. The maximum atomic E-state index is 11.9. The van der Waals surface area contributed by atoms with Crippen LogP contribution in [0.15, 0.2) is 30.3 Å². The summed E-state index contributed by atoms with van der Waals surface area (Å²) in [7, 11) is 0. The van der Waals surface area contributed by atoms with Crippen molar-refractivity contribution in [2.75, 3.05) is 11.9 Å². The SMILES string of the molecule is CCC(O)CCNC(=O)Nc1cccc(-n2nc(C)cc2C)c1. The van der Waals surface area contributed by atoms with Gasteiger partial charge in [-0.3, -0.25) is 0 Å². The lowest BCUT2D eigenvalue weighted by atomic mass is 10.2. The van der Waals surface area contributed by atoms with Gasteiger partial charge < -0.3 is 15.7 Å². The minimum atomic E-state index is -0.371. The molecule has 6 heteroatoms. The number of amides is 2. The highest BCUT2D eigenvalue weighted by atomic mass is 16.3. The van der Waals surface area contributed by atoms with Crippen LogP contribution in [0.5, 0.6) is 0 Å². The fourth-order valence-corrected chi connectivity index (χ4v) is 2.34. The van der Waals surface area contributed by atoms with E-state index in [1.165, 1.54) is 0 Å². The highest BCUT2D eigenvalue weighted by molar-refractivity contribution is 5.89. The Balaban J connectivity index is 1.97. The lowest BCUT2D eigenvalue weighted by Crippen LogP contribution is -2.31. The summed E-state index contributed by atoms with van der Waals surface area (Å²) >= 11 is 0. The van der Waals surface area contributed by atoms with Crippen molar-refractivity contribution in [2.24, 2.45) is 0 Å². The van der Waals surface area contributed by atoms with Crippen LogP contribution < -0.4 is 10.6 Å². The van der Waals surface area contributed by atoms with Crippen molar-refractivity contribution in [3.8, 4) is 5.69 Å². The number of nitrogens with one attached hydrogen (secondary N) is 2. The van der Waals surface area contributed by atoms with Gasteiger partial charge in [0.15, 0.2) is 0 Å². The molecule has 0 fully saturated rings. The normalized spacial score (nSPS) is 12.0. The summed E-state index contributed by atoms with van der Waals surface area (Å²) < 4.78 is 1.84. The topological polar surface area (TPSA) is 79.2 Å². The average molecular weight is 316 g/mol. The number of aliphatic hydroxyl groups excluding tert-OH is 1. The molecule has 23 heavy (non-hydrogen) atoms. The second kappa shape index (κ2) is 7.78. The molecule has 2 rings (SSSR count). The van der Waals surface area contributed by atoms with E-state index in [2.05, 4.69) is 15.7 Å². The number of urea groups is 1. The summed E-state index contributed by atoms with van der Waals surface area (Å²) in [4.78, 5) is 11.9. The summed E-state index contributed by atoms with van der Waals surface area (Å²) in [5, 5.41) is 19.4. The number of anilines is 1. The molecule has 0 radical (unpaired) electrons. The van der Waals surface area contributed by atoms with Crippen LogP contribution in [0.2, 0.25) is 0 Å². The second-order valence-electron chi connectivity index (χ2n) is 5.62. The molecule has 0 aliphatic carbocycles. The Morgan fingerprint density at radius 1 is 1.35 bits per heavy atom. The van der Waals surface area contributed by atoms with E-state index >= 15 is 0 Å². The maximum absolute atomic E-state index is 11.9. The van der Waals surface area contributed by atoms with Gasteiger partial charge in [0.1, 0.15) is 0 Å². The maximum Gasteiger partial charge on any atom is 0.319 e. The number of hydrogen-bond acceptors (Lipinski definition) is 3. The van der Waals surface area contributed by atoms with Crippen LogP contribution in [-0.4, -0.2) is 33.6 Å². The van der Waals surface area contributed by atoms with Gasteiger partial charge in [-0.2, -0.15) is 5.10 Å². The Morgan fingerprint density at radius 2 is 2.13 bits per heavy atom. The molecular formula is C17H24N4O2. The Labute approximate surface area is 136 Å². The molecule has 6 nitrogen and oxygen atoms in total. The van der Waals surface area contributed by atoms with E-state index in [0.717, 1.165) is 17.1 Å². The fraction of sp³-hybridized carbons (Fsp3) is 0.412. The molecule has 0 saturated heterocycles. The second-order valence-corrected chi connectivity index (χ2v) is 5.62. The Kier molecular flexibility index (Phi) is 5.76. The van der Waals surface area contributed by atoms with E-state index in [1.807, 2.05) is 55.8 Å². The minimum absolute atomic E-state index is 0.279. The molecule has 0 aliphatic rings. The summed E-state index contributed by atoms with van der Waals surface area (Å²) in [5.41, 5.74) is 3.59. The lowest BCUT2D eigenvalue weighted by molar-refractivity contribution is 0.160.